The average Bonchev–Trinajstić information content (AvgIpc) is 2.74. The molecular formula is C12H23N3S. The number of rotatable bonds is 7. The second-order valence-electron chi connectivity index (χ2n) is 4.14. The molecule has 0 aliphatic carbocycles. The molecule has 4 heteroatoms. The summed E-state index contributed by atoms with van der Waals surface area (Å²) in [5.41, 5.74) is 6.17. The molecule has 0 aliphatic heterocycles. The molecule has 1 rings (SSSR count). The van der Waals surface area contributed by atoms with Gasteiger partial charge in [-0.15, -0.1) is 0 Å². The number of hydrogen-bond acceptors (Lipinski definition) is 3. The number of hydrogen-bond donors (Lipinski definition) is 1. The summed E-state index contributed by atoms with van der Waals surface area (Å²) in [6.45, 7) is 7.64. The highest BCUT2D eigenvalue weighted by atomic mass is 32.2. The molecule has 2 N–H and O–H groups in total. The van der Waals surface area contributed by atoms with E-state index >= 15 is 0 Å². The Hall–Kier alpha value is -0.480. The van der Waals surface area contributed by atoms with Crippen LogP contribution in [0.15, 0.2) is 12.4 Å². The fourth-order valence-corrected chi connectivity index (χ4v) is 2.46. The van der Waals surface area contributed by atoms with Crippen LogP contribution in [0.4, 0.5) is 0 Å². The number of thioether (sulfide) groups is 1. The minimum atomic E-state index is 0.0561. The highest BCUT2D eigenvalue weighted by Crippen LogP contribution is 2.20. The van der Waals surface area contributed by atoms with Crippen LogP contribution in [0.1, 0.15) is 45.5 Å². The van der Waals surface area contributed by atoms with Crippen LogP contribution in [0, 0.1) is 0 Å². The minimum Gasteiger partial charge on any atom is -0.334 e. The summed E-state index contributed by atoms with van der Waals surface area (Å²) in [5, 5.41) is 0.681. The summed E-state index contributed by atoms with van der Waals surface area (Å²) in [6.07, 6.45) is 6.18. The Bertz CT molecular complexity index is 298. The second kappa shape index (κ2) is 6.97. The van der Waals surface area contributed by atoms with E-state index in [1.54, 1.807) is 0 Å². The standard InChI is InChI=1S/C12H23N3S/c1-4-7-15-8-6-14-12(15)11(13)9-16-10(3)5-2/h6,8,10-11H,4-5,7,9,13H2,1-3H3. The van der Waals surface area contributed by atoms with Gasteiger partial charge in [-0.2, -0.15) is 11.8 Å². The van der Waals surface area contributed by atoms with Gasteiger partial charge >= 0.3 is 0 Å². The van der Waals surface area contributed by atoms with E-state index in [2.05, 4.69) is 30.3 Å². The fraction of sp³-hybridized carbons (Fsp3) is 0.750. The van der Waals surface area contributed by atoms with Crippen molar-refractivity contribution >= 4 is 11.8 Å². The van der Waals surface area contributed by atoms with E-state index in [4.69, 9.17) is 5.73 Å². The predicted octanol–water partition coefficient (Wildman–Crippen LogP) is 2.82. The van der Waals surface area contributed by atoms with Crippen LogP contribution in [-0.4, -0.2) is 20.6 Å². The van der Waals surface area contributed by atoms with E-state index in [-0.39, 0.29) is 6.04 Å². The molecule has 0 saturated heterocycles. The zero-order chi connectivity index (χ0) is 12.0. The monoisotopic (exact) mass is 241 g/mol. The van der Waals surface area contributed by atoms with Crippen LogP contribution in [0.5, 0.6) is 0 Å². The number of imidazole rings is 1. The summed E-state index contributed by atoms with van der Waals surface area (Å²) in [4.78, 5) is 4.36. The first kappa shape index (κ1) is 13.6. The number of aryl methyl sites for hydroxylation is 1. The summed E-state index contributed by atoms with van der Waals surface area (Å²) in [7, 11) is 0. The Labute approximate surface area is 103 Å². The summed E-state index contributed by atoms with van der Waals surface area (Å²) >= 11 is 1.93. The molecule has 0 spiro atoms. The Balaban J connectivity index is 2.51. The van der Waals surface area contributed by atoms with Crippen molar-refractivity contribution in [2.75, 3.05) is 5.75 Å². The molecule has 92 valence electrons. The molecule has 0 fully saturated rings. The number of nitrogens with zero attached hydrogens (tertiary/aromatic N) is 2. The zero-order valence-corrected chi connectivity index (χ0v) is 11.3. The highest BCUT2D eigenvalue weighted by molar-refractivity contribution is 7.99. The average molecular weight is 241 g/mol. The second-order valence-corrected chi connectivity index (χ2v) is 5.61. The normalized spacial score (nSPS) is 15.0. The quantitative estimate of drug-likeness (QED) is 0.798. The molecule has 1 aromatic heterocycles. The van der Waals surface area contributed by atoms with E-state index in [1.807, 2.05) is 24.2 Å². The third-order valence-corrected chi connectivity index (χ3v) is 4.13. The zero-order valence-electron chi connectivity index (χ0n) is 10.5. The topological polar surface area (TPSA) is 43.8 Å². The molecule has 0 saturated carbocycles. The highest BCUT2D eigenvalue weighted by Gasteiger charge is 2.13. The molecule has 1 heterocycles. The van der Waals surface area contributed by atoms with Crippen LogP contribution in [-0.2, 0) is 6.54 Å². The van der Waals surface area contributed by atoms with E-state index in [1.165, 1.54) is 6.42 Å². The minimum absolute atomic E-state index is 0.0561. The van der Waals surface area contributed by atoms with Gasteiger partial charge in [0.25, 0.3) is 0 Å². The van der Waals surface area contributed by atoms with Gasteiger partial charge in [0.15, 0.2) is 0 Å². The van der Waals surface area contributed by atoms with Crippen molar-refractivity contribution in [3.05, 3.63) is 18.2 Å². The van der Waals surface area contributed by atoms with Gasteiger partial charge in [-0.25, -0.2) is 4.98 Å². The van der Waals surface area contributed by atoms with Crippen molar-refractivity contribution in [1.82, 2.24) is 9.55 Å². The summed E-state index contributed by atoms with van der Waals surface area (Å²) in [5.74, 6) is 1.98. The largest absolute Gasteiger partial charge is 0.334 e. The molecule has 2 unspecified atom stereocenters. The van der Waals surface area contributed by atoms with Crippen molar-refractivity contribution in [1.29, 1.82) is 0 Å². The fourth-order valence-electron chi connectivity index (χ4n) is 1.54. The van der Waals surface area contributed by atoms with Gasteiger partial charge in [0.05, 0.1) is 6.04 Å². The maximum absolute atomic E-state index is 6.17. The molecule has 0 radical (unpaired) electrons. The van der Waals surface area contributed by atoms with Gasteiger partial charge in [-0.05, 0) is 12.8 Å². The third kappa shape index (κ3) is 3.83. The first-order valence-electron chi connectivity index (χ1n) is 6.07. The van der Waals surface area contributed by atoms with E-state index in [0.717, 1.165) is 24.5 Å². The molecule has 0 aromatic carbocycles. The molecular weight excluding hydrogens is 218 g/mol. The third-order valence-electron chi connectivity index (χ3n) is 2.68. The van der Waals surface area contributed by atoms with Crippen molar-refractivity contribution < 1.29 is 0 Å². The van der Waals surface area contributed by atoms with Crippen molar-refractivity contribution in [3.63, 3.8) is 0 Å². The Morgan fingerprint density at radius 1 is 1.50 bits per heavy atom. The van der Waals surface area contributed by atoms with Crippen LogP contribution in [0.2, 0.25) is 0 Å². The lowest BCUT2D eigenvalue weighted by Crippen LogP contribution is -2.19. The lowest BCUT2D eigenvalue weighted by molar-refractivity contribution is 0.603. The van der Waals surface area contributed by atoms with Crippen LogP contribution >= 0.6 is 11.8 Å². The summed E-state index contributed by atoms with van der Waals surface area (Å²) in [6, 6.07) is 0.0561. The van der Waals surface area contributed by atoms with Crippen LogP contribution in [0.3, 0.4) is 0 Å². The van der Waals surface area contributed by atoms with Crippen molar-refractivity contribution in [2.45, 2.75) is 51.4 Å². The first-order chi connectivity index (χ1) is 7.69. The molecule has 1 aromatic rings. The lowest BCUT2D eigenvalue weighted by Gasteiger charge is -2.15. The Morgan fingerprint density at radius 2 is 2.25 bits per heavy atom. The molecule has 2 atom stereocenters. The maximum atomic E-state index is 6.17. The van der Waals surface area contributed by atoms with Crippen LogP contribution < -0.4 is 5.73 Å². The van der Waals surface area contributed by atoms with Crippen molar-refractivity contribution in [3.8, 4) is 0 Å². The van der Waals surface area contributed by atoms with Gasteiger partial charge in [0.2, 0.25) is 0 Å². The smallest absolute Gasteiger partial charge is 0.126 e. The first-order valence-corrected chi connectivity index (χ1v) is 7.12. The Morgan fingerprint density at radius 3 is 2.88 bits per heavy atom. The van der Waals surface area contributed by atoms with Crippen molar-refractivity contribution in [2.24, 2.45) is 5.73 Å². The van der Waals surface area contributed by atoms with Gasteiger partial charge in [-0.1, -0.05) is 20.8 Å². The summed E-state index contributed by atoms with van der Waals surface area (Å²) < 4.78 is 2.17. The van der Waals surface area contributed by atoms with Gasteiger partial charge < -0.3 is 10.3 Å². The molecule has 0 bridgehead atoms. The molecule has 0 aliphatic rings. The van der Waals surface area contributed by atoms with Gasteiger partial charge in [-0.3, -0.25) is 0 Å². The van der Waals surface area contributed by atoms with Crippen LogP contribution in [0.25, 0.3) is 0 Å². The Kier molecular flexibility index (Phi) is 5.91. The van der Waals surface area contributed by atoms with E-state index < -0.39 is 0 Å². The predicted molar refractivity (Wildman–Crippen MR) is 71.7 cm³/mol. The lowest BCUT2D eigenvalue weighted by atomic mass is 10.3. The van der Waals surface area contributed by atoms with Gasteiger partial charge in [0, 0.05) is 29.9 Å². The molecule has 0 amide bonds. The molecule has 3 nitrogen and oxygen atoms in total. The van der Waals surface area contributed by atoms with E-state index in [0.29, 0.717) is 5.25 Å². The van der Waals surface area contributed by atoms with Gasteiger partial charge in [0.1, 0.15) is 5.82 Å². The number of aromatic nitrogens is 2. The maximum Gasteiger partial charge on any atom is 0.126 e. The molecule has 16 heavy (non-hydrogen) atoms. The SMILES string of the molecule is CCCn1ccnc1C(N)CSC(C)CC. The number of nitrogens with two attached hydrogens (primary N) is 1. The van der Waals surface area contributed by atoms with E-state index in [9.17, 15) is 0 Å².